The van der Waals surface area contributed by atoms with Crippen molar-refractivity contribution in [3.8, 4) is 0 Å². The molecule has 1 aliphatic rings. The van der Waals surface area contributed by atoms with Crippen LogP contribution < -0.4 is 10.6 Å². The van der Waals surface area contributed by atoms with E-state index in [2.05, 4.69) is 70.4 Å². The molecule has 0 spiro atoms. The van der Waals surface area contributed by atoms with E-state index in [9.17, 15) is 0 Å². The van der Waals surface area contributed by atoms with Gasteiger partial charge in [0.2, 0.25) is 0 Å². The molecule has 156 valence electrons. The van der Waals surface area contributed by atoms with Crippen molar-refractivity contribution in [1.82, 2.24) is 30.4 Å². The molecule has 2 aromatic heterocycles. The van der Waals surface area contributed by atoms with Gasteiger partial charge in [-0.25, -0.2) is 4.98 Å². The normalized spacial score (nSPS) is 17.2. The van der Waals surface area contributed by atoms with Gasteiger partial charge in [-0.05, 0) is 6.42 Å². The van der Waals surface area contributed by atoms with Crippen LogP contribution in [0, 0.1) is 0 Å². The quantitative estimate of drug-likeness (QED) is 0.369. The Labute approximate surface area is 188 Å². The molecule has 2 N–H and O–H groups in total. The fourth-order valence-corrected chi connectivity index (χ4v) is 4.14. The lowest BCUT2D eigenvalue weighted by atomic mass is 9.93. The number of nitrogens with one attached hydrogen (secondary N) is 2. The Balaban J connectivity index is 0.00000280. The number of hydrogen-bond donors (Lipinski definition) is 2. The second kappa shape index (κ2) is 9.51. The lowest BCUT2D eigenvalue weighted by Crippen LogP contribution is -2.46. The Morgan fingerprint density at radius 1 is 1.36 bits per heavy atom. The Morgan fingerprint density at radius 2 is 2.11 bits per heavy atom. The molecule has 3 rings (SSSR count). The van der Waals surface area contributed by atoms with Gasteiger partial charge >= 0.3 is 0 Å². The van der Waals surface area contributed by atoms with Crippen molar-refractivity contribution >= 4 is 41.3 Å². The molecule has 0 aromatic carbocycles. The molecule has 3 heterocycles. The lowest BCUT2D eigenvalue weighted by Gasteiger charge is -2.27. The Hall–Kier alpha value is -1.23. The van der Waals surface area contributed by atoms with Crippen molar-refractivity contribution in [2.45, 2.75) is 77.9 Å². The zero-order valence-corrected chi connectivity index (χ0v) is 20.8. The van der Waals surface area contributed by atoms with Gasteiger partial charge in [-0.15, -0.1) is 45.5 Å². The summed E-state index contributed by atoms with van der Waals surface area (Å²) in [7, 11) is 1.81. The van der Waals surface area contributed by atoms with E-state index in [1.165, 1.54) is 0 Å². The summed E-state index contributed by atoms with van der Waals surface area (Å²) in [5.74, 6) is 3.36. The minimum Gasteiger partial charge on any atom is -0.352 e. The number of halogens is 1. The standard InChI is InChI=1S/C19H31N7S.HI/c1-12(2)17-25-24-15-8-7-13(10-26(15)17)22-18(20-6)21-9-16-23-14(11-27-16)19(3,4)5;/h11-13H,7-10H2,1-6H3,(H2,20,21,22);1H. The summed E-state index contributed by atoms with van der Waals surface area (Å²) in [6.07, 6.45) is 1.97. The van der Waals surface area contributed by atoms with Crippen LogP contribution in [0.1, 0.15) is 69.3 Å². The summed E-state index contributed by atoms with van der Waals surface area (Å²) in [6.45, 7) is 12.4. The van der Waals surface area contributed by atoms with Gasteiger partial charge in [-0.2, -0.15) is 0 Å². The van der Waals surface area contributed by atoms with Gasteiger partial charge in [0.1, 0.15) is 16.7 Å². The maximum Gasteiger partial charge on any atom is 0.191 e. The number of nitrogens with zero attached hydrogens (tertiary/aromatic N) is 5. The average molecular weight is 517 g/mol. The molecule has 0 amide bonds. The van der Waals surface area contributed by atoms with Crippen LogP contribution >= 0.6 is 35.3 Å². The molecule has 0 bridgehead atoms. The first kappa shape index (κ1) is 23.1. The van der Waals surface area contributed by atoms with Gasteiger partial charge in [-0.3, -0.25) is 4.99 Å². The summed E-state index contributed by atoms with van der Waals surface area (Å²) < 4.78 is 2.26. The predicted octanol–water partition coefficient (Wildman–Crippen LogP) is 3.45. The molecule has 0 fully saturated rings. The first-order valence-corrected chi connectivity index (χ1v) is 10.5. The van der Waals surface area contributed by atoms with Gasteiger partial charge < -0.3 is 15.2 Å². The molecule has 1 unspecified atom stereocenters. The molecule has 1 aliphatic heterocycles. The van der Waals surface area contributed by atoms with Crippen molar-refractivity contribution in [1.29, 1.82) is 0 Å². The molecule has 0 saturated carbocycles. The minimum atomic E-state index is 0. The second-order valence-corrected chi connectivity index (χ2v) is 9.36. The zero-order chi connectivity index (χ0) is 19.6. The number of thiazole rings is 1. The second-order valence-electron chi connectivity index (χ2n) is 8.42. The summed E-state index contributed by atoms with van der Waals surface area (Å²) >= 11 is 1.69. The fourth-order valence-electron chi connectivity index (χ4n) is 3.18. The molecule has 0 saturated heterocycles. The van der Waals surface area contributed by atoms with Crippen molar-refractivity contribution in [2.75, 3.05) is 7.05 Å². The third kappa shape index (κ3) is 5.43. The number of aliphatic imine (C=N–C) groups is 1. The van der Waals surface area contributed by atoms with Gasteiger partial charge in [0.25, 0.3) is 0 Å². The summed E-state index contributed by atoms with van der Waals surface area (Å²) in [5.41, 5.74) is 1.22. The molecule has 1 atom stereocenters. The van der Waals surface area contributed by atoms with Crippen molar-refractivity contribution in [3.63, 3.8) is 0 Å². The number of aryl methyl sites for hydroxylation is 1. The number of hydrogen-bond acceptors (Lipinski definition) is 5. The summed E-state index contributed by atoms with van der Waals surface area (Å²) in [5, 5.41) is 18.9. The number of aromatic nitrogens is 4. The molecule has 0 radical (unpaired) electrons. The van der Waals surface area contributed by atoms with E-state index in [0.29, 0.717) is 18.5 Å². The third-order valence-corrected chi connectivity index (χ3v) is 5.63. The number of guanidine groups is 1. The van der Waals surface area contributed by atoms with Crippen LogP contribution in [0.5, 0.6) is 0 Å². The summed E-state index contributed by atoms with van der Waals surface area (Å²) in [6, 6.07) is 0.318. The molecule has 0 aliphatic carbocycles. The van der Waals surface area contributed by atoms with Gasteiger partial charge in [-0.1, -0.05) is 34.6 Å². The molecular weight excluding hydrogens is 485 g/mol. The molecular formula is C19H32IN7S. The van der Waals surface area contributed by atoms with Crippen LogP contribution in [0.25, 0.3) is 0 Å². The first-order chi connectivity index (χ1) is 12.8. The van der Waals surface area contributed by atoms with E-state index >= 15 is 0 Å². The Morgan fingerprint density at radius 3 is 2.71 bits per heavy atom. The van der Waals surface area contributed by atoms with Crippen LogP contribution in [-0.4, -0.2) is 38.8 Å². The van der Waals surface area contributed by atoms with Crippen LogP contribution in [-0.2, 0) is 24.9 Å². The first-order valence-electron chi connectivity index (χ1n) is 9.62. The largest absolute Gasteiger partial charge is 0.352 e. The van der Waals surface area contributed by atoms with Crippen LogP contribution in [0.15, 0.2) is 10.4 Å². The Kier molecular flexibility index (Phi) is 7.83. The van der Waals surface area contributed by atoms with Crippen molar-refractivity contribution in [3.05, 3.63) is 27.7 Å². The number of rotatable bonds is 4. The van der Waals surface area contributed by atoms with Gasteiger partial charge in [0.05, 0.1) is 12.2 Å². The summed E-state index contributed by atoms with van der Waals surface area (Å²) in [4.78, 5) is 9.13. The van der Waals surface area contributed by atoms with Crippen LogP contribution in [0.3, 0.4) is 0 Å². The Bertz CT molecular complexity index is 804. The van der Waals surface area contributed by atoms with E-state index in [1.54, 1.807) is 11.3 Å². The molecule has 7 nitrogen and oxygen atoms in total. The topological polar surface area (TPSA) is 80.0 Å². The smallest absolute Gasteiger partial charge is 0.191 e. The highest BCUT2D eigenvalue weighted by Gasteiger charge is 2.24. The van der Waals surface area contributed by atoms with E-state index in [1.807, 2.05) is 7.05 Å². The zero-order valence-electron chi connectivity index (χ0n) is 17.6. The highest BCUT2D eigenvalue weighted by atomic mass is 127. The van der Waals surface area contributed by atoms with Crippen LogP contribution in [0.2, 0.25) is 0 Å². The highest BCUT2D eigenvalue weighted by molar-refractivity contribution is 14.0. The van der Waals surface area contributed by atoms with Crippen LogP contribution in [0.4, 0.5) is 0 Å². The number of fused-ring (bicyclic) bond motifs is 1. The maximum atomic E-state index is 4.74. The van der Waals surface area contributed by atoms with Gasteiger partial charge in [0, 0.05) is 42.8 Å². The maximum absolute atomic E-state index is 4.74. The molecule has 2 aromatic rings. The molecule has 9 heteroatoms. The SMILES string of the molecule is CN=C(NCc1nc(C(C)(C)C)cs1)NC1CCc2nnc(C(C)C)n2C1.I. The van der Waals surface area contributed by atoms with E-state index in [4.69, 9.17) is 4.98 Å². The van der Waals surface area contributed by atoms with Crippen molar-refractivity contribution < 1.29 is 0 Å². The average Bonchev–Trinajstić information content (AvgIpc) is 3.24. The predicted molar refractivity (Wildman–Crippen MR) is 126 cm³/mol. The third-order valence-electron chi connectivity index (χ3n) is 4.78. The minimum absolute atomic E-state index is 0. The molecule has 28 heavy (non-hydrogen) atoms. The lowest BCUT2D eigenvalue weighted by molar-refractivity contribution is 0.407. The highest BCUT2D eigenvalue weighted by Crippen LogP contribution is 2.24. The van der Waals surface area contributed by atoms with Crippen molar-refractivity contribution in [2.24, 2.45) is 4.99 Å². The van der Waals surface area contributed by atoms with E-state index in [-0.39, 0.29) is 29.4 Å². The van der Waals surface area contributed by atoms with E-state index < -0.39 is 0 Å². The fraction of sp³-hybridized carbons (Fsp3) is 0.684. The monoisotopic (exact) mass is 517 g/mol. The van der Waals surface area contributed by atoms with E-state index in [0.717, 1.165) is 47.7 Å². The van der Waals surface area contributed by atoms with Gasteiger partial charge in [0.15, 0.2) is 5.96 Å².